The Morgan fingerprint density at radius 2 is 1.78 bits per heavy atom. The number of hydrogen-bond donors (Lipinski definition) is 1. The third kappa shape index (κ3) is 6.28. The molecule has 0 saturated carbocycles. The van der Waals surface area contributed by atoms with Crippen LogP contribution in [0.5, 0.6) is 5.75 Å². The number of likely N-dealkylation sites (tertiary alicyclic amines) is 1. The third-order valence-corrected chi connectivity index (χ3v) is 9.04. The number of rotatable bonds is 9. The Labute approximate surface area is 242 Å². The van der Waals surface area contributed by atoms with Crippen LogP contribution in [0, 0.1) is 11.6 Å². The normalized spacial score (nSPS) is 18.5. The molecule has 41 heavy (non-hydrogen) atoms. The fourth-order valence-corrected chi connectivity index (χ4v) is 6.73. The van der Waals surface area contributed by atoms with Gasteiger partial charge >= 0.3 is 0 Å². The van der Waals surface area contributed by atoms with Crippen molar-refractivity contribution < 1.29 is 18.3 Å². The molecule has 2 aromatic carbocycles. The Hall–Kier alpha value is -2.97. The lowest BCUT2D eigenvalue weighted by Gasteiger charge is -2.35. The number of ether oxygens (including phenoxy) is 2. The van der Waals surface area contributed by atoms with Gasteiger partial charge in [0.05, 0.1) is 31.5 Å². The highest BCUT2D eigenvalue weighted by Crippen LogP contribution is 2.38. The first-order chi connectivity index (χ1) is 20.1. The summed E-state index contributed by atoms with van der Waals surface area (Å²) in [6.45, 7) is 5.88. The average molecular weight is 565 g/mol. The van der Waals surface area contributed by atoms with Crippen molar-refractivity contribution in [1.82, 2.24) is 9.88 Å². The highest BCUT2D eigenvalue weighted by atomic mass is 19.2. The molecule has 8 heteroatoms. The van der Waals surface area contributed by atoms with Crippen molar-refractivity contribution in [2.45, 2.75) is 70.4 Å². The van der Waals surface area contributed by atoms with Gasteiger partial charge in [-0.05, 0) is 94.3 Å². The molecule has 3 aliphatic rings. The van der Waals surface area contributed by atoms with Crippen molar-refractivity contribution in [2.24, 2.45) is 0 Å². The van der Waals surface area contributed by atoms with Crippen LogP contribution in [0.15, 0.2) is 30.3 Å². The van der Waals surface area contributed by atoms with Crippen LogP contribution in [0.25, 0.3) is 10.9 Å². The number of aryl methyl sites for hydroxylation is 1. The summed E-state index contributed by atoms with van der Waals surface area (Å²) in [6, 6.07) is 8.94. The fraction of sp³-hybridized carbons (Fsp3) is 0.545. The van der Waals surface area contributed by atoms with Gasteiger partial charge in [0.25, 0.3) is 0 Å². The number of piperidine rings is 1. The Morgan fingerprint density at radius 1 is 0.976 bits per heavy atom. The van der Waals surface area contributed by atoms with Crippen molar-refractivity contribution in [3.8, 4) is 5.75 Å². The summed E-state index contributed by atoms with van der Waals surface area (Å²) in [5.74, 6) is -0.722. The van der Waals surface area contributed by atoms with Gasteiger partial charge in [0.2, 0.25) is 0 Å². The summed E-state index contributed by atoms with van der Waals surface area (Å²) < 4.78 is 40.2. The van der Waals surface area contributed by atoms with Gasteiger partial charge in [-0.15, -0.1) is 0 Å². The lowest BCUT2D eigenvalue weighted by atomic mass is 9.97. The van der Waals surface area contributed by atoms with Gasteiger partial charge in [-0.3, -0.25) is 4.98 Å². The molecule has 6 nitrogen and oxygen atoms in total. The van der Waals surface area contributed by atoms with Gasteiger partial charge in [0.15, 0.2) is 11.6 Å². The summed E-state index contributed by atoms with van der Waals surface area (Å²) >= 11 is 0. The van der Waals surface area contributed by atoms with Crippen LogP contribution >= 0.6 is 0 Å². The summed E-state index contributed by atoms with van der Waals surface area (Å²) in [5, 5.41) is 4.99. The number of halogens is 2. The minimum Gasteiger partial charge on any atom is -0.496 e. The summed E-state index contributed by atoms with van der Waals surface area (Å²) in [6.07, 6.45) is 9.79. The van der Waals surface area contributed by atoms with Crippen molar-refractivity contribution in [2.75, 3.05) is 56.7 Å². The van der Waals surface area contributed by atoms with E-state index in [9.17, 15) is 8.78 Å². The zero-order chi connectivity index (χ0) is 28.2. The van der Waals surface area contributed by atoms with E-state index in [0.29, 0.717) is 32.0 Å². The molecule has 0 bridgehead atoms. The van der Waals surface area contributed by atoms with Crippen LogP contribution < -0.4 is 15.0 Å². The van der Waals surface area contributed by atoms with Gasteiger partial charge in [-0.2, -0.15) is 0 Å². The topological polar surface area (TPSA) is 49.9 Å². The van der Waals surface area contributed by atoms with Gasteiger partial charge in [0, 0.05) is 48.0 Å². The molecule has 0 unspecified atom stereocenters. The summed E-state index contributed by atoms with van der Waals surface area (Å²) in [4.78, 5) is 9.60. The first-order valence-electron chi connectivity index (χ1n) is 15.4. The van der Waals surface area contributed by atoms with E-state index in [1.54, 1.807) is 19.2 Å². The molecular formula is C33H42F2N4O2. The summed E-state index contributed by atoms with van der Waals surface area (Å²) in [5.41, 5.74) is 6.05. The molecule has 220 valence electrons. The Morgan fingerprint density at radius 3 is 2.59 bits per heavy atom. The zero-order valence-electron chi connectivity index (χ0n) is 24.2. The fourth-order valence-electron chi connectivity index (χ4n) is 6.73. The molecule has 2 saturated heterocycles. The predicted molar refractivity (Wildman–Crippen MR) is 160 cm³/mol. The molecule has 1 aromatic heterocycles. The van der Waals surface area contributed by atoms with Gasteiger partial charge in [-0.1, -0.05) is 12.5 Å². The van der Waals surface area contributed by atoms with E-state index in [-0.39, 0.29) is 6.04 Å². The molecule has 1 N–H and O–H groups in total. The third-order valence-electron chi connectivity index (χ3n) is 9.04. The molecule has 3 heterocycles. The van der Waals surface area contributed by atoms with Crippen molar-refractivity contribution in [3.63, 3.8) is 0 Å². The van der Waals surface area contributed by atoms with Crippen LogP contribution in [0.1, 0.15) is 61.8 Å². The van der Waals surface area contributed by atoms with Crippen molar-refractivity contribution in [3.05, 3.63) is 58.8 Å². The number of benzene rings is 2. The van der Waals surface area contributed by atoms with E-state index in [1.807, 2.05) is 4.90 Å². The van der Waals surface area contributed by atoms with E-state index >= 15 is 0 Å². The van der Waals surface area contributed by atoms with Crippen LogP contribution in [-0.2, 0) is 24.2 Å². The molecular weight excluding hydrogens is 522 g/mol. The van der Waals surface area contributed by atoms with E-state index in [2.05, 4.69) is 22.3 Å². The highest BCUT2D eigenvalue weighted by Gasteiger charge is 2.26. The molecule has 0 spiro atoms. The first kappa shape index (κ1) is 28.2. The lowest BCUT2D eigenvalue weighted by molar-refractivity contribution is 0.0979. The first-order valence-corrected chi connectivity index (χ1v) is 15.4. The standard InChI is InChI=1S/C33H42F2N4O2/c1-40-31-21-26-29(20-23(31)22-41-19-18-38-14-5-6-15-38)37-28-10-4-2-3-8-25(28)33(26)36-24-12-16-39(17-13-24)30-11-7-9-27(34)32(30)35/h7,9,11,20-21,24H,2-6,8,10,12-19,22H2,1H3,(H,36,37). The Balaban J connectivity index is 1.23. The zero-order valence-corrected chi connectivity index (χ0v) is 24.2. The van der Waals surface area contributed by atoms with E-state index in [0.717, 1.165) is 67.3 Å². The molecule has 0 radical (unpaired) electrons. The highest BCUT2D eigenvalue weighted by molar-refractivity contribution is 5.95. The van der Waals surface area contributed by atoms with Gasteiger partial charge < -0.3 is 24.6 Å². The summed E-state index contributed by atoms with van der Waals surface area (Å²) in [7, 11) is 1.72. The van der Waals surface area contributed by atoms with Gasteiger partial charge in [0.1, 0.15) is 5.75 Å². The van der Waals surface area contributed by atoms with Crippen LogP contribution in [-0.4, -0.2) is 62.4 Å². The van der Waals surface area contributed by atoms with E-state index < -0.39 is 11.6 Å². The Bertz CT molecular complexity index is 1350. The number of hydrogen-bond acceptors (Lipinski definition) is 6. The number of anilines is 2. The van der Waals surface area contributed by atoms with Crippen LogP contribution in [0.4, 0.5) is 20.2 Å². The van der Waals surface area contributed by atoms with Crippen molar-refractivity contribution >= 4 is 22.3 Å². The molecule has 2 aliphatic heterocycles. The van der Waals surface area contributed by atoms with Crippen molar-refractivity contribution in [1.29, 1.82) is 0 Å². The molecule has 3 aromatic rings. The second-order valence-electron chi connectivity index (χ2n) is 11.7. The number of nitrogens with one attached hydrogen (secondary N) is 1. The van der Waals surface area contributed by atoms with E-state index in [4.69, 9.17) is 14.5 Å². The smallest absolute Gasteiger partial charge is 0.182 e. The number of aromatic nitrogens is 1. The quantitative estimate of drug-likeness (QED) is 0.237. The molecule has 0 atom stereocenters. The molecule has 2 fully saturated rings. The molecule has 0 amide bonds. The number of methoxy groups -OCH3 is 1. The average Bonchev–Trinajstić information content (AvgIpc) is 3.40. The number of nitrogens with zero attached hydrogens (tertiary/aromatic N) is 3. The van der Waals surface area contributed by atoms with Crippen LogP contribution in [0.3, 0.4) is 0 Å². The molecule has 6 rings (SSSR count). The van der Waals surface area contributed by atoms with E-state index in [1.165, 1.54) is 55.4 Å². The number of pyridine rings is 1. The maximum absolute atomic E-state index is 14.4. The Kier molecular flexibility index (Phi) is 8.87. The maximum atomic E-state index is 14.4. The lowest BCUT2D eigenvalue weighted by Crippen LogP contribution is -2.39. The largest absolute Gasteiger partial charge is 0.496 e. The SMILES string of the molecule is COc1cc2c(NC3CCN(c4cccc(F)c4F)CC3)c3c(nc2cc1COCCN1CCCC1)CCCCC3. The number of fused-ring (bicyclic) bond motifs is 2. The predicted octanol–water partition coefficient (Wildman–Crippen LogP) is 6.48. The second-order valence-corrected chi connectivity index (χ2v) is 11.7. The minimum atomic E-state index is -0.793. The second kappa shape index (κ2) is 12.9. The minimum absolute atomic E-state index is 0.236. The van der Waals surface area contributed by atoms with Gasteiger partial charge in [-0.25, -0.2) is 8.78 Å². The molecule has 1 aliphatic carbocycles. The van der Waals surface area contributed by atoms with Crippen LogP contribution in [0.2, 0.25) is 0 Å². The maximum Gasteiger partial charge on any atom is 0.182 e. The monoisotopic (exact) mass is 564 g/mol.